The zero-order valence-electron chi connectivity index (χ0n) is 51.2. The molecule has 0 atom stereocenters. The van der Waals surface area contributed by atoms with E-state index < -0.39 is 0 Å². The quantitative estimate of drug-likeness (QED) is 0.0134. The summed E-state index contributed by atoms with van der Waals surface area (Å²) in [5.41, 5.74) is 15.1. The molecule has 0 unspecified atom stereocenters. The number of aromatic nitrogens is 12. The van der Waals surface area contributed by atoms with E-state index in [2.05, 4.69) is 276 Å². The number of nitrogens with two attached hydrogens (primary N) is 3. The van der Waals surface area contributed by atoms with Crippen molar-refractivity contribution in [2.24, 2.45) is 35.0 Å². The molecule has 7 rings (SSSR count). The number of nitrogens with zero attached hydrogens (tertiary/aromatic N) is 13. The third-order valence-corrected chi connectivity index (χ3v) is 9.51. The van der Waals surface area contributed by atoms with Crippen molar-refractivity contribution in [3.05, 3.63) is 50.5 Å². The van der Waals surface area contributed by atoms with Crippen LogP contribution in [0.3, 0.4) is 0 Å². The molecule has 0 aliphatic heterocycles. The van der Waals surface area contributed by atoms with Gasteiger partial charge in [-0.05, 0) is 172 Å². The van der Waals surface area contributed by atoms with E-state index in [4.69, 9.17) is 91.6 Å². The predicted molar refractivity (Wildman–Crippen MR) is 429 cm³/mol. The fourth-order valence-electron chi connectivity index (χ4n) is 4.14. The van der Waals surface area contributed by atoms with Gasteiger partial charge in [0.2, 0.25) is 61.4 Å². The Morgan fingerprint density at radius 3 is 1.00 bits per heavy atom. The summed E-state index contributed by atoms with van der Waals surface area (Å²) in [6.07, 6.45) is 12.1. The molecule has 0 amide bonds. The molecule has 516 valence electrons. The van der Waals surface area contributed by atoms with Crippen molar-refractivity contribution in [3.63, 3.8) is 0 Å². The average Bonchev–Trinajstić information content (AvgIpc) is 4.34. The van der Waals surface area contributed by atoms with Crippen LogP contribution in [-0.4, -0.2) is 133 Å². The molecule has 0 bridgehead atoms. The van der Waals surface area contributed by atoms with Crippen molar-refractivity contribution in [1.29, 1.82) is 0 Å². The molecule has 4 aromatic heterocycles. The van der Waals surface area contributed by atoms with Crippen molar-refractivity contribution >= 4 is 280 Å². The summed E-state index contributed by atoms with van der Waals surface area (Å²) < 4.78 is 6.70. The van der Waals surface area contributed by atoms with Gasteiger partial charge in [0.1, 0.15) is -0.565 Å². The second-order valence-corrected chi connectivity index (χ2v) is 67.4. The topological polar surface area (TPSA) is 315 Å². The van der Waals surface area contributed by atoms with Gasteiger partial charge in [-0.2, -0.15) is 73.7 Å². The minimum Gasteiger partial charge on any atom is 0 e. The minimum absolute atomic E-state index is 0. The molecular formula is C47H88Cl8I7N21O2V3-3. The number of nitrogens with one attached hydrogen (secondary N) is 5. The largest absolute Gasteiger partial charge is 0 e. The van der Waals surface area contributed by atoms with Crippen LogP contribution in [0.2, 0.25) is 31.7 Å². The molecule has 23 nitrogen and oxygen atoms in total. The Bertz CT molecular complexity index is 2080. The van der Waals surface area contributed by atoms with E-state index in [1.54, 1.807) is 28.2 Å². The van der Waals surface area contributed by atoms with Gasteiger partial charge in [0.25, 0.3) is 5.95 Å². The van der Waals surface area contributed by atoms with Crippen LogP contribution in [0.4, 0.5) is 35.7 Å². The summed E-state index contributed by atoms with van der Waals surface area (Å²) in [4.78, 5) is 51.8. The molecule has 41 heteroatoms. The minimum atomic E-state index is -0.278. The zero-order chi connectivity index (χ0) is 64.2. The van der Waals surface area contributed by atoms with Crippen molar-refractivity contribution < 1.29 is 51.6 Å². The summed E-state index contributed by atoms with van der Waals surface area (Å²) >= 11 is 49.5. The van der Waals surface area contributed by atoms with Gasteiger partial charge in [0.05, 0.1) is 13.8 Å². The average molecular weight is 2300 g/mol. The van der Waals surface area contributed by atoms with Crippen LogP contribution in [0.1, 0.15) is 113 Å². The smallest absolute Gasteiger partial charge is 0 e. The Balaban J connectivity index is -0.000000118. The third kappa shape index (κ3) is 82.2. The van der Waals surface area contributed by atoms with E-state index in [1.165, 1.54) is 43.6 Å². The first-order valence-corrected chi connectivity index (χ1v) is 46.0. The Kier molecular flexibility index (Phi) is 94.1. The maximum Gasteiger partial charge on any atom is 0 e. The third-order valence-electron chi connectivity index (χ3n) is 8.50. The molecule has 11 N–H and O–H groups in total. The second kappa shape index (κ2) is 75.0. The maximum absolute atomic E-state index is 5.82. The first-order chi connectivity index (χ1) is 39.3. The number of ether oxygens (including phenoxy) is 1. The number of halogens is 15. The number of hydrogen-bond acceptors (Lipinski definition) is 23. The van der Waals surface area contributed by atoms with Crippen LogP contribution in [0.5, 0.6) is 0 Å². The number of hydroxylamine groups is 1. The SMILES string of the molecule is CC(I)(I)I.CCCN.CCCNc1nc(Cl)nc(Cl)n1.CCCNc1nc(Cl)nc(NCC2CC2)n1.CCCNc1nc(NCC2CC2)nc(N(C)OC)n1.COCN.C[CH-]I.Cl.Cl.Clc1nc(Cl)nc(Cl)n1.NCC1CC1.[CH2-]C.[CH3-].[I][V]([I])[I].[V].[V]. The van der Waals surface area contributed by atoms with E-state index in [0.717, 1.165) is 89.3 Å². The number of rotatable bonds is 20. The molecule has 2 radical (unpaired) electrons. The molecule has 4 heterocycles. The van der Waals surface area contributed by atoms with Crippen LogP contribution >= 0.6 is 245 Å². The number of methoxy groups -OCH3 is 1. The van der Waals surface area contributed by atoms with Gasteiger partial charge in [-0.15, -0.1) is 24.8 Å². The molecule has 3 saturated carbocycles. The van der Waals surface area contributed by atoms with Crippen molar-refractivity contribution in [1.82, 2.24) is 59.8 Å². The Labute approximate surface area is 684 Å². The fraction of sp³-hybridized carbons (Fsp3) is 0.681. The summed E-state index contributed by atoms with van der Waals surface area (Å²) in [6, 6.07) is 0. The van der Waals surface area contributed by atoms with Crippen LogP contribution < -0.4 is 48.8 Å². The Morgan fingerprint density at radius 2 is 0.784 bits per heavy atom. The monoisotopic (exact) mass is 2300 g/mol. The molecule has 0 saturated heterocycles. The van der Waals surface area contributed by atoms with E-state index in [0.29, 0.717) is 41.9 Å². The van der Waals surface area contributed by atoms with Gasteiger partial charge >= 0.3 is 64.9 Å². The van der Waals surface area contributed by atoms with Crippen LogP contribution in [0, 0.1) is 36.5 Å². The van der Waals surface area contributed by atoms with Crippen molar-refractivity contribution in [2.75, 3.05) is 105 Å². The van der Waals surface area contributed by atoms with Gasteiger partial charge in [0, 0.05) is 84.0 Å². The van der Waals surface area contributed by atoms with Crippen molar-refractivity contribution in [2.45, 2.75) is 112 Å². The first-order valence-electron chi connectivity index (χ1n) is 25.8. The van der Waals surface area contributed by atoms with Gasteiger partial charge in [-0.3, -0.25) is 9.27 Å². The Hall–Kier alpha value is 3.82. The summed E-state index contributed by atoms with van der Waals surface area (Å²) in [6.45, 7) is 23.8. The fourth-order valence-corrected chi connectivity index (χ4v) is 5.27. The van der Waals surface area contributed by atoms with Gasteiger partial charge in [0.15, 0.2) is 0 Å². The molecule has 3 fully saturated rings. The molecule has 4 aromatic rings. The van der Waals surface area contributed by atoms with E-state index >= 15 is 0 Å². The Morgan fingerprint density at radius 1 is 0.557 bits per heavy atom. The first kappa shape index (κ1) is 110. The molecular weight excluding hydrogens is 2220 g/mol. The molecule has 88 heavy (non-hydrogen) atoms. The molecule has 0 spiro atoms. The van der Waals surface area contributed by atoms with E-state index in [9.17, 15) is 0 Å². The summed E-state index contributed by atoms with van der Waals surface area (Å²) in [5, 5.41) is 17.6. The van der Waals surface area contributed by atoms with Crippen LogP contribution in [0.25, 0.3) is 0 Å². The zero-order valence-corrected chi connectivity index (χ0v) is 76.6. The number of anilines is 6. The summed E-state index contributed by atoms with van der Waals surface area (Å²) in [7, 11) is 4.91. The number of alkyl halides is 3. The van der Waals surface area contributed by atoms with Crippen molar-refractivity contribution in [3.8, 4) is 0 Å². The molecule has 3 aliphatic carbocycles. The normalized spacial score (nSPS) is 11.5. The standard InChI is InChI=1S/C12H22N6O.C10H16ClN5.C6H8Cl2N4.C4H9N.C3Cl3N3.C3H9N.C2H3I3.C2H4I.C2H7NO.C2H5.CH3.2ClH.3HI.3V/c1-4-7-13-10-15-11(14-8-9-5-6-9)17-12(16-10)18(2)19-3;1-2-5-12-9-14-8(11)15-10(16-9)13-6-7-3-4-7;1-2-3-9-6-11-4(7)10-5(8)12-6;5-3-4-1-2-4;4-1-7-2(5)9-3(6)8-1;1-2-3-4;1-2(3,4)5;1-2-3;1-4-2-3;1-2;;;;;;;;;/h9H,4-8H2,1-3H3,(H2,13,14,15,16,17);7H,2-6H2,1H3,(H2,12,13,14,15,16);2-3H2,1H3,(H,9,10,11,12);4H,1-3,5H2;;2-4H2,1H3;1H3;2H,1H3;2-3H2,1H3;1H2,2H3;1H3;5*1H;;;/q;;;;;;;-1;;2*-1;;;;;;;;+3/p-3. The van der Waals surface area contributed by atoms with Gasteiger partial charge in [-0.1, -0.05) is 95.5 Å². The predicted octanol–water partition coefficient (Wildman–Crippen LogP) is 17.1. The maximum atomic E-state index is 5.82. The molecule has 0 aromatic carbocycles. The second-order valence-electron chi connectivity index (χ2n) is 16.1. The van der Waals surface area contributed by atoms with Gasteiger partial charge < -0.3 is 85.5 Å². The number of hydrogen-bond donors (Lipinski definition) is 8. The van der Waals surface area contributed by atoms with Gasteiger partial charge in [-0.25, -0.2) is 5.06 Å². The van der Waals surface area contributed by atoms with E-state index in [1.807, 2.05) is 18.3 Å². The summed E-state index contributed by atoms with van der Waals surface area (Å²) in [5.74, 6) is 5.65. The molecule has 3 aliphatic rings. The van der Waals surface area contributed by atoms with E-state index in [-0.39, 0.29) is 106 Å². The van der Waals surface area contributed by atoms with Crippen LogP contribution in [0.15, 0.2) is 0 Å². The van der Waals surface area contributed by atoms with Crippen LogP contribution in [-0.2, 0) is 51.6 Å².